The summed E-state index contributed by atoms with van der Waals surface area (Å²) in [5.41, 5.74) is 0. The number of aryl methyl sites for hydroxylation is 1. The lowest BCUT2D eigenvalue weighted by atomic mass is 10.1. The molecule has 0 atom stereocenters. The van der Waals surface area contributed by atoms with Gasteiger partial charge in [0.1, 0.15) is 5.76 Å². The largest absolute Gasteiger partial charge is 0.456 e. The van der Waals surface area contributed by atoms with E-state index in [2.05, 4.69) is 5.32 Å². The Morgan fingerprint density at radius 2 is 2.18 bits per heavy atom. The van der Waals surface area contributed by atoms with Crippen LogP contribution in [0.3, 0.4) is 0 Å². The van der Waals surface area contributed by atoms with Gasteiger partial charge in [-0.15, -0.1) is 0 Å². The number of hydrogen-bond acceptors (Lipinski definition) is 3. The topological polar surface area (TPSA) is 45.5 Å². The summed E-state index contributed by atoms with van der Waals surface area (Å²) in [5, 5.41) is 3.25. The molecule has 1 aliphatic heterocycles. The van der Waals surface area contributed by atoms with Gasteiger partial charge in [0.25, 0.3) is 5.91 Å². The molecule has 1 N–H and O–H groups in total. The molecule has 1 saturated heterocycles. The molecule has 1 aliphatic rings. The Balaban J connectivity index is 1.96. The Kier molecular flexibility index (Phi) is 3.84. The first kappa shape index (κ1) is 12.2. The highest BCUT2D eigenvalue weighted by molar-refractivity contribution is 5.91. The molecule has 4 heteroatoms. The third kappa shape index (κ3) is 2.69. The zero-order valence-corrected chi connectivity index (χ0v) is 10.5. The minimum atomic E-state index is 0.0271. The number of nitrogens with one attached hydrogen (secondary N) is 1. The van der Waals surface area contributed by atoms with Gasteiger partial charge in [-0.2, -0.15) is 0 Å². The standard InChI is InChI=1S/C13H20N2O2/c1-3-11-4-5-12(17-11)13(16)15-8-6-10(14-2)7-9-15/h4-5,10,14H,3,6-9H2,1-2H3. The molecule has 2 heterocycles. The van der Waals surface area contributed by atoms with Gasteiger partial charge < -0.3 is 14.6 Å². The van der Waals surface area contributed by atoms with Crippen LogP contribution in [0.15, 0.2) is 16.5 Å². The lowest BCUT2D eigenvalue weighted by Gasteiger charge is -2.31. The number of nitrogens with zero attached hydrogens (tertiary/aromatic N) is 1. The molecule has 0 spiro atoms. The van der Waals surface area contributed by atoms with Crippen molar-refractivity contribution in [3.63, 3.8) is 0 Å². The van der Waals surface area contributed by atoms with Gasteiger partial charge >= 0.3 is 0 Å². The van der Waals surface area contributed by atoms with E-state index in [1.165, 1.54) is 0 Å². The molecule has 0 bridgehead atoms. The van der Waals surface area contributed by atoms with Crippen LogP contribution in [-0.2, 0) is 6.42 Å². The molecular weight excluding hydrogens is 216 g/mol. The second kappa shape index (κ2) is 5.36. The fraction of sp³-hybridized carbons (Fsp3) is 0.615. The van der Waals surface area contributed by atoms with E-state index >= 15 is 0 Å². The van der Waals surface area contributed by atoms with E-state index in [1.54, 1.807) is 6.07 Å². The average molecular weight is 236 g/mol. The fourth-order valence-electron chi connectivity index (χ4n) is 2.21. The van der Waals surface area contributed by atoms with Crippen molar-refractivity contribution in [2.45, 2.75) is 32.2 Å². The molecule has 0 unspecified atom stereocenters. The van der Waals surface area contributed by atoms with E-state index in [1.807, 2.05) is 24.9 Å². The van der Waals surface area contributed by atoms with Crippen molar-refractivity contribution in [2.24, 2.45) is 0 Å². The highest BCUT2D eigenvalue weighted by Crippen LogP contribution is 2.16. The van der Waals surface area contributed by atoms with Crippen LogP contribution in [-0.4, -0.2) is 37.0 Å². The molecule has 1 aromatic heterocycles. The Hall–Kier alpha value is -1.29. The van der Waals surface area contributed by atoms with E-state index < -0.39 is 0 Å². The van der Waals surface area contributed by atoms with Crippen LogP contribution in [0.2, 0.25) is 0 Å². The lowest BCUT2D eigenvalue weighted by Crippen LogP contribution is -2.43. The first-order valence-electron chi connectivity index (χ1n) is 6.29. The summed E-state index contributed by atoms with van der Waals surface area (Å²) in [6.07, 6.45) is 2.86. The summed E-state index contributed by atoms with van der Waals surface area (Å²) in [5.74, 6) is 1.38. The number of piperidine rings is 1. The molecule has 1 aromatic rings. The van der Waals surface area contributed by atoms with Gasteiger partial charge in [0.15, 0.2) is 5.76 Å². The van der Waals surface area contributed by atoms with Crippen molar-refractivity contribution in [3.05, 3.63) is 23.7 Å². The lowest BCUT2D eigenvalue weighted by molar-refractivity contribution is 0.0673. The van der Waals surface area contributed by atoms with E-state index in [9.17, 15) is 4.79 Å². The molecular formula is C13H20N2O2. The van der Waals surface area contributed by atoms with E-state index in [-0.39, 0.29) is 5.91 Å². The van der Waals surface area contributed by atoms with Gasteiger partial charge in [-0.3, -0.25) is 4.79 Å². The van der Waals surface area contributed by atoms with Crippen molar-refractivity contribution in [1.29, 1.82) is 0 Å². The van der Waals surface area contributed by atoms with Crippen molar-refractivity contribution in [3.8, 4) is 0 Å². The number of carbonyl (C=O) groups excluding carboxylic acids is 1. The Bertz CT molecular complexity index is 379. The van der Waals surface area contributed by atoms with Crippen molar-refractivity contribution >= 4 is 5.91 Å². The van der Waals surface area contributed by atoms with Crippen LogP contribution in [0.4, 0.5) is 0 Å². The van der Waals surface area contributed by atoms with Gasteiger partial charge in [0.2, 0.25) is 0 Å². The molecule has 0 saturated carbocycles. The summed E-state index contributed by atoms with van der Waals surface area (Å²) >= 11 is 0. The van der Waals surface area contributed by atoms with Crippen molar-refractivity contribution < 1.29 is 9.21 Å². The number of furan rings is 1. The smallest absolute Gasteiger partial charge is 0.289 e. The van der Waals surface area contributed by atoms with E-state index in [4.69, 9.17) is 4.42 Å². The van der Waals surface area contributed by atoms with Crippen molar-refractivity contribution in [2.75, 3.05) is 20.1 Å². The second-order valence-electron chi connectivity index (χ2n) is 4.47. The first-order chi connectivity index (χ1) is 8.24. The number of carbonyl (C=O) groups is 1. The number of amides is 1. The van der Waals surface area contributed by atoms with Crippen LogP contribution in [0, 0.1) is 0 Å². The van der Waals surface area contributed by atoms with Gasteiger partial charge in [0, 0.05) is 25.6 Å². The van der Waals surface area contributed by atoms with Crippen LogP contribution in [0.5, 0.6) is 0 Å². The molecule has 2 rings (SSSR count). The van der Waals surface area contributed by atoms with Gasteiger partial charge in [-0.1, -0.05) is 6.92 Å². The van der Waals surface area contributed by atoms with Crippen LogP contribution in [0.1, 0.15) is 36.1 Å². The monoisotopic (exact) mass is 236 g/mol. The Morgan fingerprint density at radius 1 is 1.47 bits per heavy atom. The summed E-state index contributed by atoms with van der Waals surface area (Å²) in [4.78, 5) is 14.0. The quantitative estimate of drug-likeness (QED) is 0.868. The number of rotatable bonds is 3. The van der Waals surface area contributed by atoms with Crippen molar-refractivity contribution in [1.82, 2.24) is 10.2 Å². The van der Waals surface area contributed by atoms with Gasteiger partial charge in [-0.05, 0) is 32.0 Å². The zero-order valence-electron chi connectivity index (χ0n) is 10.5. The molecule has 17 heavy (non-hydrogen) atoms. The number of hydrogen-bond donors (Lipinski definition) is 1. The Labute approximate surface area is 102 Å². The minimum absolute atomic E-state index is 0.0271. The first-order valence-corrected chi connectivity index (χ1v) is 6.29. The summed E-state index contributed by atoms with van der Waals surface area (Å²) in [6, 6.07) is 4.21. The maximum absolute atomic E-state index is 12.1. The molecule has 0 aromatic carbocycles. The molecule has 1 fully saturated rings. The highest BCUT2D eigenvalue weighted by Gasteiger charge is 2.24. The van der Waals surface area contributed by atoms with Crippen LogP contribution in [0.25, 0.3) is 0 Å². The van der Waals surface area contributed by atoms with Crippen LogP contribution >= 0.6 is 0 Å². The van der Waals surface area contributed by atoms with E-state index in [0.29, 0.717) is 11.8 Å². The maximum Gasteiger partial charge on any atom is 0.289 e. The predicted octanol–water partition coefficient (Wildman–Crippen LogP) is 1.67. The Morgan fingerprint density at radius 3 is 2.71 bits per heavy atom. The zero-order chi connectivity index (χ0) is 12.3. The van der Waals surface area contributed by atoms with Gasteiger partial charge in [0.05, 0.1) is 0 Å². The maximum atomic E-state index is 12.1. The molecule has 0 aliphatic carbocycles. The SMILES string of the molecule is CCc1ccc(C(=O)N2CCC(NC)CC2)o1. The normalized spacial score (nSPS) is 17.4. The summed E-state index contributed by atoms with van der Waals surface area (Å²) in [7, 11) is 1.97. The van der Waals surface area contributed by atoms with E-state index in [0.717, 1.165) is 38.1 Å². The molecule has 0 radical (unpaired) electrons. The fourth-order valence-corrected chi connectivity index (χ4v) is 2.21. The molecule has 4 nitrogen and oxygen atoms in total. The minimum Gasteiger partial charge on any atom is -0.456 e. The van der Waals surface area contributed by atoms with Crippen LogP contribution < -0.4 is 5.32 Å². The molecule has 1 amide bonds. The highest BCUT2D eigenvalue weighted by atomic mass is 16.4. The summed E-state index contributed by atoms with van der Waals surface area (Å²) in [6.45, 7) is 3.64. The third-order valence-corrected chi connectivity index (χ3v) is 3.41. The predicted molar refractivity (Wildman–Crippen MR) is 66.1 cm³/mol. The molecule has 94 valence electrons. The average Bonchev–Trinajstić information content (AvgIpc) is 2.87. The second-order valence-corrected chi connectivity index (χ2v) is 4.47. The third-order valence-electron chi connectivity index (χ3n) is 3.41. The van der Waals surface area contributed by atoms with Gasteiger partial charge in [-0.25, -0.2) is 0 Å². The number of likely N-dealkylation sites (tertiary alicyclic amines) is 1. The summed E-state index contributed by atoms with van der Waals surface area (Å²) < 4.78 is 5.49.